The van der Waals surface area contributed by atoms with Crippen LogP contribution in [-0.2, 0) is 19.6 Å². The largest absolute Gasteiger partial charge is 0.495 e. The van der Waals surface area contributed by atoms with Crippen LogP contribution in [0.4, 0.5) is 11.4 Å². The normalized spacial score (nSPS) is 11.0. The molecule has 0 aliphatic carbocycles. The van der Waals surface area contributed by atoms with Crippen molar-refractivity contribution in [3.05, 3.63) is 57.6 Å². The molecule has 29 heavy (non-hydrogen) atoms. The van der Waals surface area contributed by atoms with Gasteiger partial charge in [-0.05, 0) is 44.0 Å². The van der Waals surface area contributed by atoms with E-state index in [1.807, 2.05) is 0 Å². The molecule has 0 unspecified atom stereocenters. The molecule has 0 saturated carbocycles. The first-order chi connectivity index (χ1) is 13.6. The molecule has 0 aliphatic heterocycles. The molecule has 0 bridgehead atoms. The van der Waals surface area contributed by atoms with Crippen LogP contribution in [0.2, 0.25) is 0 Å². The smallest absolute Gasteiger partial charge is 0.326 e. The van der Waals surface area contributed by atoms with Gasteiger partial charge in [0.1, 0.15) is 12.3 Å². The Balaban J connectivity index is 2.71. The van der Waals surface area contributed by atoms with Crippen LogP contribution in [0.5, 0.6) is 5.75 Å². The summed E-state index contributed by atoms with van der Waals surface area (Å²) in [5.41, 5.74) is 0.796. The monoisotopic (exact) mass is 422 g/mol. The summed E-state index contributed by atoms with van der Waals surface area (Å²) >= 11 is 0. The Labute approximate surface area is 169 Å². The van der Waals surface area contributed by atoms with Gasteiger partial charge in [0.25, 0.3) is 15.7 Å². The average molecular weight is 422 g/mol. The number of nitro benzene ring substituents is 1. The number of nitro groups is 1. The summed E-state index contributed by atoms with van der Waals surface area (Å²) in [5.74, 6) is -0.533. The van der Waals surface area contributed by atoms with Crippen molar-refractivity contribution in [3.8, 4) is 5.75 Å². The minimum atomic E-state index is -4.36. The van der Waals surface area contributed by atoms with Crippen LogP contribution >= 0.6 is 0 Å². The highest BCUT2D eigenvalue weighted by Gasteiger charge is 2.32. The molecule has 0 spiro atoms. The van der Waals surface area contributed by atoms with Crippen LogP contribution < -0.4 is 9.04 Å². The van der Waals surface area contributed by atoms with E-state index in [1.54, 1.807) is 32.0 Å². The number of rotatable bonds is 8. The molecule has 9 nitrogen and oxygen atoms in total. The average Bonchev–Trinajstić information content (AvgIpc) is 2.66. The SMILES string of the molecule is CCOC(=O)CN(c1cc(C)ccc1OC)S(=O)(=O)c1cc([N+](=O)[O-])ccc1C. The van der Waals surface area contributed by atoms with Gasteiger partial charge in [0.05, 0.1) is 29.2 Å². The van der Waals surface area contributed by atoms with Crippen LogP contribution in [0.3, 0.4) is 0 Å². The number of sulfonamides is 1. The predicted octanol–water partition coefficient (Wildman–Crippen LogP) is 2.98. The van der Waals surface area contributed by atoms with E-state index < -0.39 is 27.5 Å². The van der Waals surface area contributed by atoms with Gasteiger partial charge in [-0.3, -0.25) is 19.2 Å². The summed E-state index contributed by atoms with van der Waals surface area (Å²) in [6.45, 7) is 4.35. The van der Waals surface area contributed by atoms with Crippen LogP contribution in [0.15, 0.2) is 41.3 Å². The standard InChI is InChI=1S/C19H22N2O7S/c1-5-28-19(22)12-20(16-10-13(2)6-9-17(16)27-4)29(25,26)18-11-15(21(23)24)8-7-14(18)3/h6-11H,5,12H2,1-4H3. The van der Waals surface area contributed by atoms with Crippen molar-refractivity contribution in [3.63, 3.8) is 0 Å². The molecular formula is C19H22N2O7S. The Hall–Kier alpha value is -3.14. The summed E-state index contributed by atoms with van der Waals surface area (Å²) in [4.78, 5) is 22.4. The van der Waals surface area contributed by atoms with Gasteiger partial charge in [-0.2, -0.15) is 0 Å². The van der Waals surface area contributed by atoms with Gasteiger partial charge < -0.3 is 9.47 Å². The Morgan fingerprint density at radius 1 is 1.17 bits per heavy atom. The predicted molar refractivity (Wildman–Crippen MR) is 107 cm³/mol. The summed E-state index contributed by atoms with van der Waals surface area (Å²) in [5, 5.41) is 11.1. The minimum absolute atomic E-state index is 0.0769. The van der Waals surface area contributed by atoms with E-state index >= 15 is 0 Å². The zero-order valence-corrected chi connectivity index (χ0v) is 17.4. The Bertz CT molecular complexity index is 1030. The third kappa shape index (κ3) is 4.83. The number of methoxy groups -OCH3 is 1. The van der Waals surface area contributed by atoms with E-state index in [9.17, 15) is 23.3 Å². The molecule has 0 aromatic heterocycles. The van der Waals surface area contributed by atoms with E-state index in [1.165, 1.54) is 26.2 Å². The second kappa shape index (κ2) is 8.91. The number of non-ortho nitro benzene ring substituents is 1. The number of hydrogen-bond acceptors (Lipinski definition) is 7. The fraction of sp³-hybridized carbons (Fsp3) is 0.316. The highest BCUT2D eigenvalue weighted by Crippen LogP contribution is 2.35. The van der Waals surface area contributed by atoms with Crippen LogP contribution in [0, 0.1) is 24.0 Å². The highest BCUT2D eigenvalue weighted by molar-refractivity contribution is 7.93. The van der Waals surface area contributed by atoms with Crippen molar-refractivity contribution >= 4 is 27.4 Å². The zero-order valence-electron chi connectivity index (χ0n) is 16.5. The maximum atomic E-state index is 13.5. The molecule has 0 fully saturated rings. The topological polar surface area (TPSA) is 116 Å². The lowest BCUT2D eigenvalue weighted by molar-refractivity contribution is -0.385. The Kier molecular flexibility index (Phi) is 6.80. The number of nitrogens with zero attached hydrogens (tertiary/aromatic N) is 2. The number of benzene rings is 2. The fourth-order valence-corrected chi connectivity index (χ4v) is 4.38. The highest BCUT2D eigenvalue weighted by atomic mass is 32.2. The molecule has 10 heteroatoms. The van der Waals surface area contributed by atoms with Crippen molar-refractivity contribution in [2.75, 3.05) is 24.6 Å². The second-order valence-electron chi connectivity index (χ2n) is 6.20. The molecule has 0 amide bonds. The van der Waals surface area contributed by atoms with E-state index in [2.05, 4.69) is 0 Å². The van der Waals surface area contributed by atoms with Crippen molar-refractivity contribution in [2.45, 2.75) is 25.7 Å². The molecular weight excluding hydrogens is 400 g/mol. The van der Waals surface area contributed by atoms with Gasteiger partial charge in [-0.15, -0.1) is 0 Å². The van der Waals surface area contributed by atoms with Crippen LogP contribution in [-0.4, -0.2) is 39.6 Å². The second-order valence-corrected chi connectivity index (χ2v) is 8.03. The molecule has 0 atom stereocenters. The van der Waals surface area contributed by atoms with Crippen molar-refractivity contribution in [1.82, 2.24) is 0 Å². The third-order valence-electron chi connectivity index (χ3n) is 4.13. The number of anilines is 1. The number of aryl methyl sites for hydroxylation is 2. The molecule has 0 saturated heterocycles. The first-order valence-electron chi connectivity index (χ1n) is 8.69. The fourth-order valence-electron chi connectivity index (χ4n) is 2.72. The van der Waals surface area contributed by atoms with Gasteiger partial charge >= 0.3 is 5.97 Å². The van der Waals surface area contributed by atoms with E-state index in [0.29, 0.717) is 5.56 Å². The summed E-state index contributed by atoms with van der Waals surface area (Å²) in [6.07, 6.45) is 0. The molecule has 0 aliphatic rings. The van der Waals surface area contributed by atoms with Gasteiger partial charge in [-0.25, -0.2) is 8.42 Å². The van der Waals surface area contributed by atoms with Gasteiger partial charge in [0.2, 0.25) is 0 Å². The molecule has 0 heterocycles. The van der Waals surface area contributed by atoms with Crippen LogP contribution in [0.1, 0.15) is 18.1 Å². The van der Waals surface area contributed by atoms with E-state index in [-0.39, 0.29) is 28.6 Å². The number of hydrogen-bond donors (Lipinski definition) is 0. The molecule has 2 rings (SSSR count). The van der Waals surface area contributed by atoms with E-state index in [0.717, 1.165) is 15.9 Å². The minimum Gasteiger partial charge on any atom is -0.495 e. The summed E-state index contributed by atoms with van der Waals surface area (Å²) in [6, 6.07) is 8.42. The van der Waals surface area contributed by atoms with Gasteiger partial charge in [-0.1, -0.05) is 12.1 Å². The van der Waals surface area contributed by atoms with Crippen molar-refractivity contribution in [2.24, 2.45) is 0 Å². The first-order valence-corrected chi connectivity index (χ1v) is 10.1. The zero-order chi connectivity index (χ0) is 21.8. The summed E-state index contributed by atoms with van der Waals surface area (Å²) < 4.78 is 38.0. The first kappa shape index (κ1) is 22.2. The quantitative estimate of drug-likeness (QED) is 0.365. The number of esters is 1. The summed E-state index contributed by atoms with van der Waals surface area (Å²) in [7, 11) is -2.98. The lowest BCUT2D eigenvalue weighted by Gasteiger charge is -2.26. The maximum Gasteiger partial charge on any atom is 0.326 e. The molecule has 2 aromatic rings. The third-order valence-corrected chi connectivity index (χ3v) is 6.03. The van der Waals surface area contributed by atoms with Gasteiger partial charge in [0.15, 0.2) is 0 Å². The van der Waals surface area contributed by atoms with E-state index in [4.69, 9.17) is 9.47 Å². The molecule has 156 valence electrons. The van der Waals surface area contributed by atoms with Crippen molar-refractivity contribution in [1.29, 1.82) is 0 Å². The lowest BCUT2D eigenvalue weighted by atomic mass is 10.2. The molecule has 0 radical (unpaired) electrons. The Morgan fingerprint density at radius 2 is 1.86 bits per heavy atom. The maximum absolute atomic E-state index is 13.5. The number of ether oxygens (including phenoxy) is 2. The Morgan fingerprint density at radius 3 is 2.45 bits per heavy atom. The number of carbonyl (C=O) groups excluding carboxylic acids is 1. The van der Waals surface area contributed by atoms with Crippen molar-refractivity contribution < 1.29 is 27.6 Å². The van der Waals surface area contributed by atoms with Crippen LogP contribution in [0.25, 0.3) is 0 Å². The molecule has 0 N–H and O–H groups in total. The lowest BCUT2D eigenvalue weighted by Crippen LogP contribution is -2.37. The van der Waals surface area contributed by atoms with Gasteiger partial charge in [0, 0.05) is 12.1 Å². The number of carbonyl (C=O) groups is 1. The molecule has 2 aromatic carbocycles.